The molecule has 144 valence electrons. The summed E-state index contributed by atoms with van der Waals surface area (Å²) in [4.78, 5) is 24.2. The van der Waals surface area contributed by atoms with Gasteiger partial charge in [0, 0.05) is 26.2 Å². The van der Waals surface area contributed by atoms with Gasteiger partial charge in [0.25, 0.3) is 11.8 Å². The van der Waals surface area contributed by atoms with Crippen LogP contribution < -0.4 is 15.4 Å². The first-order chi connectivity index (χ1) is 13.2. The lowest BCUT2D eigenvalue weighted by Crippen LogP contribution is -2.51. The van der Waals surface area contributed by atoms with Crippen LogP contribution in [0.5, 0.6) is 5.75 Å². The number of halogens is 4. The van der Waals surface area contributed by atoms with Crippen LogP contribution in [0.1, 0.15) is 11.1 Å². The van der Waals surface area contributed by atoms with Crippen LogP contribution in [0, 0.1) is 0 Å². The summed E-state index contributed by atoms with van der Waals surface area (Å²) < 4.78 is 5.81. The second-order valence-corrected chi connectivity index (χ2v) is 7.72. The summed E-state index contributed by atoms with van der Waals surface area (Å²) in [6.07, 6.45) is 1.32. The molecule has 10 heteroatoms. The molecular formula is C18H10Cl4N2O3S. The first kappa shape index (κ1) is 20.9. The Kier molecular flexibility index (Phi) is 6.47. The second kappa shape index (κ2) is 8.68. The van der Waals surface area contributed by atoms with E-state index in [1.807, 2.05) is 0 Å². The highest BCUT2D eigenvalue weighted by Gasteiger charge is 2.26. The molecule has 0 saturated carbocycles. The van der Waals surface area contributed by atoms with Crippen molar-refractivity contribution >= 4 is 81.6 Å². The van der Waals surface area contributed by atoms with Gasteiger partial charge >= 0.3 is 0 Å². The molecule has 0 aliphatic carbocycles. The van der Waals surface area contributed by atoms with Crippen molar-refractivity contribution in [2.24, 2.45) is 0 Å². The molecule has 1 aliphatic heterocycles. The minimum absolute atomic E-state index is 0.0647. The van der Waals surface area contributed by atoms with E-state index < -0.39 is 11.8 Å². The molecule has 1 heterocycles. The van der Waals surface area contributed by atoms with Crippen LogP contribution in [0.4, 0.5) is 0 Å². The first-order valence-electron chi connectivity index (χ1n) is 7.68. The molecule has 2 aromatic carbocycles. The Morgan fingerprint density at radius 1 is 0.929 bits per heavy atom. The third-order valence-corrected chi connectivity index (χ3v) is 4.96. The Bertz CT molecular complexity index is 1020. The molecule has 1 fully saturated rings. The molecule has 0 radical (unpaired) electrons. The van der Waals surface area contributed by atoms with Gasteiger partial charge in [0.1, 0.15) is 17.9 Å². The molecule has 0 bridgehead atoms. The molecule has 2 amide bonds. The van der Waals surface area contributed by atoms with Gasteiger partial charge in [0.15, 0.2) is 5.11 Å². The van der Waals surface area contributed by atoms with Crippen molar-refractivity contribution in [2.45, 2.75) is 6.61 Å². The Balaban J connectivity index is 1.96. The normalized spacial score (nSPS) is 13.9. The lowest BCUT2D eigenvalue weighted by atomic mass is 10.1. The zero-order chi connectivity index (χ0) is 20.4. The van der Waals surface area contributed by atoms with Crippen molar-refractivity contribution in [3.8, 4) is 5.75 Å². The van der Waals surface area contributed by atoms with Crippen LogP contribution in [0.2, 0.25) is 20.1 Å². The van der Waals surface area contributed by atoms with E-state index in [1.165, 1.54) is 18.2 Å². The molecule has 5 nitrogen and oxygen atoms in total. The van der Waals surface area contributed by atoms with Crippen molar-refractivity contribution in [1.82, 2.24) is 10.6 Å². The molecule has 1 saturated heterocycles. The van der Waals surface area contributed by atoms with Crippen molar-refractivity contribution in [1.29, 1.82) is 0 Å². The third kappa shape index (κ3) is 4.77. The zero-order valence-corrected chi connectivity index (χ0v) is 17.7. The van der Waals surface area contributed by atoms with Gasteiger partial charge in [-0.25, -0.2) is 0 Å². The van der Waals surface area contributed by atoms with Gasteiger partial charge in [-0.15, -0.1) is 0 Å². The van der Waals surface area contributed by atoms with Gasteiger partial charge in [0.2, 0.25) is 0 Å². The topological polar surface area (TPSA) is 67.4 Å². The second-order valence-electron chi connectivity index (χ2n) is 5.63. The Morgan fingerprint density at radius 3 is 2.21 bits per heavy atom. The highest BCUT2D eigenvalue weighted by molar-refractivity contribution is 7.80. The molecule has 0 atom stereocenters. The fourth-order valence-electron chi connectivity index (χ4n) is 2.39. The van der Waals surface area contributed by atoms with E-state index in [-0.39, 0.29) is 28.1 Å². The standard InChI is InChI=1S/C18H10Cl4N2O3S/c19-10-2-1-8(13(21)5-10)7-27-15-9(3-11(20)6-14(15)22)4-12-16(25)23-18(28)24-17(12)26/h1-6H,7H2,(H2,23,24,25,26,28). The zero-order valence-electron chi connectivity index (χ0n) is 13.8. The highest BCUT2D eigenvalue weighted by Crippen LogP contribution is 2.35. The first-order valence-corrected chi connectivity index (χ1v) is 9.60. The molecule has 2 aromatic rings. The average molecular weight is 476 g/mol. The smallest absolute Gasteiger partial charge is 0.263 e. The summed E-state index contributed by atoms with van der Waals surface area (Å²) in [7, 11) is 0. The highest BCUT2D eigenvalue weighted by atomic mass is 35.5. The van der Waals surface area contributed by atoms with Gasteiger partial charge in [-0.2, -0.15) is 0 Å². The number of carbonyl (C=O) groups excluding carboxylic acids is 2. The largest absolute Gasteiger partial charge is 0.487 e. The van der Waals surface area contributed by atoms with Gasteiger partial charge in [-0.1, -0.05) is 52.5 Å². The third-order valence-electron chi connectivity index (χ3n) is 3.67. The number of benzene rings is 2. The van der Waals surface area contributed by atoms with Crippen molar-refractivity contribution in [2.75, 3.05) is 0 Å². The Morgan fingerprint density at radius 2 is 1.57 bits per heavy atom. The number of thiocarbonyl (C=S) groups is 1. The van der Waals surface area contributed by atoms with E-state index in [2.05, 4.69) is 10.6 Å². The van der Waals surface area contributed by atoms with Crippen LogP contribution in [-0.2, 0) is 16.2 Å². The lowest BCUT2D eigenvalue weighted by Gasteiger charge is -2.17. The number of rotatable bonds is 4. The van der Waals surface area contributed by atoms with Gasteiger partial charge < -0.3 is 4.74 Å². The number of ether oxygens (including phenoxy) is 1. The van der Waals surface area contributed by atoms with E-state index in [0.29, 0.717) is 26.2 Å². The minimum Gasteiger partial charge on any atom is -0.487 e. The van der Waals surface area contributed by atoms with Crippen LogP contribution in [0.15, 0.2) is 35.9 Å². The number of carbonyl (C=O) groups is 2. The van der Waals surface area contributed by atoms with E-state index in [4.69, 9.17) is 63.4 Å². The van der Waals surface area contributed by atoms with Gasteiger partial charge in [0.05, 0.1) is 5.02 Å². The quantitative estimate of drug-likeness (QED) is 0.379. The van der Waals surface area contributed by atoms with E-state index in [0.717, 1.165) is 0 Å². The molecule has 1 aliphatic rings. The summed E-state index contributed by atoms with van der Waals surface area (Å²) in [6.45, 7) is 0.0794. The maximum absolute atomic E-state index is 12.1. The molecule has 0 aromatic heterocycles. The van der Waals surface area contributed by atoms with Crippen LogP contribution in [0.25, 0.3) is 6.08 Å². The SMILES string of the molecule is O=C1NC(=S)NC(=O)C1=Cc1cc(Cl)cc(Cl)c1OCc1ccc(Cl)cc1Cl. The van der Waals surface area contributed by atoms with Crippen LogP contribution in [0.3, 0.4) is 0 Å². The van der Waals surface area contributed by atoms with Crippen LogP contribution in [-0.4, -0.2) is 16.9 Å². The van der Waals surface area contributed by atoms with E-state index >= 15 is 0 Å². The minimum atomic E-state index is -0.642. The molecule has 0 spiro atoms. The molecule has 2 N–H and O–H groups in total. The maximum atomic E-state index is 12.1. The van der Waals surface area contributed by atoms with Crippen molar-refractivity contribution in [3.05, 3.63) is 67.1 Å². The number of nitrogens with one attached hydrogen (secondary N) is 2. The number of hydrogen-bond acceptors (Lipinski definition) is 4. The monoisotopic (exact) mass is 474 g/mol. The number of hydrogen-bond donors (Lipinski definition) is 2. The maximum Gasteiger partial charge on any atom is 0.263 e. The summed E-state index contributed by atoms with van der Waals surface area (Å²) in [5.41, 5.74) is 0.853. The predicted octanol–water partition coefficient (Wildman–Crippen LogP) is 4.79. The summed E-state index contributed by atoms with van der Waals surface area (Å²) in [5, 5.41) is 6.08. The summed E-state index contributed by atoms with van der Waals surface area (Å²) in [6, 6.07) is 7.99. The lowest BCUT2D eigenvalue weighted by molar-refractivity contribution is -0.123. The predicted molar refractivity (Wildman–Crippen MR) is 114 cm³/mol. The fraction of sp³-hybridized carbons (Fsp3) is 0.0556. The van der Waals surface area contributed by atoms with E-state index in [9.17, 15) is 9.59 Å². The summed E-state index contributed by atoms with van der Waals surface area (Å²) >= 11 is 29.2. The summed E-state index contributed by atoms with van der Waals surface area (Å²) in [5.74, 6) is -1.05. The molecule has 28 heavy (non-hydrogen) atoms. The fourth-order valence-corrected chi connectivity index (χ4v) is 3.60. The van der Waals surface area contributed by atoms with Gasteiger partial charge in [-0.05, 0) is 42.6 Å². The molecular weight excluding hydrogens is 466 g/mol. The van der Waals surface area contributed by atoms with E-state index in [1.54, 1.807) is 18.2 Å². The average Bonchev–Trinajstić information content (AvgIpc) is 2.58. The van der Waals surface area contributed by atoms with Crippen molar-refractivity contribution < 1.29 is 14.3 Å². The van der Waals surface area contributed by atoms with Crippen molar-refractivity contribution in [3.63, 3.8) is 0 Å². The van der Waals surface area contributed by atoms with Crippen LogP contribution >= 0.6 is 58.6 Å². The molecule has 3 rings (SSSR count). The molecule has 0 unspecified atom stereocenters. The Labute approximate surface area is 185 Å². The number of amides is 2. The Hall–Kier alpha value is -1.83. The van der Waals surface area contributed by atoms with Gasteiger partial charge in [-0.3, -0.25) is 20.2 Å².